The second kappa shape index (κ2) is 6.82. The average molecular weight is 321 g/mol. The summed E-state index contributed by atoms with van der Waals surface area (Å²) >= 11 is 0. The van der Waals surface area contributed by atoms with Crippen LogP contribution in [0, 0.1) is 0 Å². The molecule has 1 unspecified atom stereocenters. The second-order valence-electron chi connectivity index (χ2n) is 5.43. The highest BCUT2D eigenvalue weighted by atomic mass is 19.3. The number of pyridine rings is 1. The molecule has 122 valence electrons. The van der Waals surface area contributed by atoms with E-state index in [2.05, 4.69) is 20.3 Å². The number of rotatable bonds is 5. The first kappa shape index (κ1) is 15.5. The van der Waals surface area contributed by atoms with E-state index in [1.54, 1.807) is 6.20 Å². The number of nitrogens with zero attached hydrogens (tertiary/aromatic N) is 4. The lowest BCUT2D eigenvalue weighted by molar-refractivity contribution is -0.120. The van der Waals surface area contributed by atoms with Gasteiger partial charge in [0.15, 0.2) is 0 Å². The molecule has 1 aliphatic heterocycles. The van der Waals surface area contributed by atoms with Crippen LogP contribution in [0.25, 0.3) is 0 Å². The molecule has 6 nitrogen and oxygen atoms in total. The fourth-order valence-corrected chi connectivity index (χ4v) is 2.75. The summed E-state index contributed by atoms with van der Waals surface area (Å²) in [5, 5.41) is 6.17. The fraction of sp³-hybridized carbons (Fsp3) is 0.400. The number of nitrogens with one attached hydrogen (secondary N) is 1. The molecule has 2 aromatic rings. The van der Waals surface area contributed by atoms with Gasteiger partial charge in [0.2, 0.25) is 5.91 Å². The van der Waals surface area contributed by atoms with Gasteiger partial charge in [0.25, 0.3) is 0 Å². The first-order valence-electron chi connectivity index (χ1n) is 7.40. The van der Waals surface area contributed by atoms with Gasteiger partial charge in [-0.1, -0.05) is 6.07 Å². The molecule has 23 heavy (non-hydrogen) atoms. The molecule has 2 aromatic heterocycles. The number of anilines is 1. The Bertz CT molecular complexity index is 661. The van der Waals surface area contributed by atoms with Crippen LogP contribution < -0.4 is 5.32 Å². The summed E-state index contributed by atoms with van der Waals surface area (Å²) in [6, 6.07) is 5.39. The lowest BCUT2D eigenvalue weighted by atomic mass is 10.2. The maximum absolute atomic E-state index is 12.5. The standard InChI is InChI=1S/C15H17F2N5O/c16-15(17)22-10-12(8-19-22)20-14(23)13-5-3-7-21(13)9-11-4-1-2-6-18-11/h1-2,4,6,8,10,13,15H,3,5,7,9H2,(H,20,23). The summed E-state index contributed by atoms with van der Waals surface area (Å²) in [7, 11) is 0. The van der Waals surface area contributed by atoms with Crippen molar-refractivity contribution in [3.05, 3.63) is 42.5 Å². The molecule has 1 saturated heterocycles. The Hall–Kier alpha value is -2.35. The Kier molecular flexibility index (Phi) is 4.61. The van der Waals surface area contributed by atoms with Crippen LogP contribution in [0.3, 0.4) is 0 Å². The highest BCUT2D eigenvalue weighted by Crippen LogP contribution is 2.21. The molecule has 1 amide bonds. The van der Waals surface area contributed by atoms with Crippen molar-refractivity contribution < 1.29 is 13.6 Å². The van der Waals surface area contributed by atoms with Crippen LogP contribution in [0.2, 0.25) is 0 Å². The van der Waals surface area contributed by atoms with Crippen LogP contribution in [0.15, 0.2) is 36.8 Å². The number of carbonyl (C=O) groups excluding carboxylic acids is 1. The van der Waals surface area contributed by atoms with Crippen molar-refractivity contribution in [1.29, 1.82) is 0 Å². The third kappa shape index (κ3) is 3.70. The van der Waals surface area contributed by atoms with E-state index in [0.717, 1.165) is 31.3 Å². The molecule has 3 rings (SSSR count). The van der Waals surface area contributed by atoms with E-state index in [1.807, 2.05) is 18.2 Å². The van der Waals surface area contributed by atoms with E-state index in [1.165, 1.54) is 6.20 Å². The van der Waals surface area contributed by atoms with Gasteiger partial charge in [0.1, 0.15) is 0 Å². The number of carbonyl (C=O) groups is 1. The van der Waals surface area contributed by atoms with Crippen LogP contribution in [-0.4, -0.2) is 38.2 Å². The van der Waals surface area contributed by atoms with Crippen molar-refractivity contribution in [1.82, 2.24) is 19.7 Å². The minimum atomic E-state index is -2.72. The van der Waals surface area contributed by atoms with Gasteiger partial charge < -0.3 is 5.32 Å². The summed E-state index contributed by atoms with van der Waals surface area (Å²) in [5.74, 6) is -0.202. The Balaban J connectivity index is 1.63. The molecule has 1 atom stereocenters. The van der Waals surface area contributed by atoms with Crippen molar-refractivity contribution in [2.75, 3.05) is 11.9 Å². The molecule has 1 aliphatic rings. The Morgan fingerprint density at radius 2 is 2.30 bits per heavy atom. The van der Waals surface area contributed by atoms with E-state index in [0.29, 0.717) is 11.2 Å². The predicted molar refractivity (Wildman–Crippen MR) is 79.8 cm³/mol. The number of halogens is 2. The van der Waals surface area contributed by atoms with Crippen molar-refractivity contribution in [3.8, 4) is 0 Å². The number of hydrogen-bond acceptors (Lipinski definition) is 4. The molecule has 0 spiro atoms. The van der Waals surface area contributed by atoms with Crippen LogP contribution in [0.1, 0.15) is 25.1 Å². The maximum atomic E-state index is 12.5. The van der Waals surface area contributed by atoms with E-state index < -0.39 is 6.55 Å². The minimum absolute atomic E-state index is 0.202. The molecule has 8 heteroatoms. The second-order valence-corrected chi connectivity index (χ2v) is 5.43. The summed E-state index contributed by atoms with van der Waals surface area (Å²) in [6.45, 7) is -1.31. The molecular formula is C15H17F2N5O. The first-order valence-corrected chi connectivity index (χ1v) is 7.40. The maximum Gasteiger partial charge on any atom is 0.333 e. The van der Waals surface area contributed by atoms with Gasteiger partial charge in [-0.05, 0) is 31.5 Å². The van der Waals surface area contributed by atoms with Crippen molar-refractivity contribution >= 4 is 11.6 Å². The SMILES string of the molecule is O=C(Nc1cnn(C(F)F)c1)C1CCCN1Cc1ccccn1. The highest BCUT2D eigenvalue weighted by Gasteiger charge is 2.31. The topological polar surface area (TPSA) is 63.1 Å². The zero-order chi connectivity index (χ0) is 16.2. The summed E-state index contributed by atoms with van der Waals surface area (Å²) in [6.07, 6.45) is 5.73. The largest absolute Gasteiger partial charge is 0.333 e. The quantitative estimate of drug-likeness (QED) is 0.918. The normalized spacial score (nSPS) is 18.5. The predicted octanol–water partition coefficient (Wildman–Crippen LogP) is 2.28. The third-order valence-electron chi connectivity index (χ3n) is 3.83. The Labute approximate surface area is 132 Å². The Morgan fingerprint density at radius 1 is 1.43 bits per heavy atom. The van der Waals surface area contributed by atoms with Gasteiger partial charge in [0.05, 0.1) is 29.8 Å². The fourth-order valence-electron chi connectivity index (χ4n) is 2.75. The zero-order valence-electron chi connectivity index (χ0n) is 12.4. The lowest BCUT2D eigenvalue weighted by Crippen LogP contribution is -2.39. The highest BCUT2D eigenvalue weighted by molar-refractivity contribution is 5.94. The van der Waals surface area contributed by atoms with E-state index >= 15 is 0 Å². The van der Waals surface area contributed by atoms with Crippen LogP contribution in [0.5, 0.6) is 0 Å². The smallest absolute Gasteiger partial charge is 0.322 e. The lowest BCUT2D eigenvalue weighted by Gasteiger charge is -2.22. The molecule has 0 aliphatic carbocycles. The molecule has 0 saturated carbocycles. The van der Waals surface area contributed by atoms with Crippen LogP contribution in [0.4, 0.5) is 14.5 Å². The molecule has 0 aromatic carbocycles. The molecular weight excluding hydrogens is 304 g/mol. The van der Waals surface area contributed by atoms with Crippen molar-refractivity contribution in [2.24, 2.45) is 0 Å². The number of aromatic nitrogens is 3. The van der Waals surface area contributed by atoms with Crippen LogP contribution >= 0.6 is 0 Å². The molecule has 3 heterocycles. The van der Waals surface area contributed by atoms with E-state index in [4.69, 9.17) is 0 Å². The van der Waals surface area contributed by atoms with Crippen LogP contribution in [-0.2, 0) is 11.3 Å². The van der Waals surface area contributed by atoms with Crippen molar-refractivity contribution in [2.45, 2.75) is 32.0 Å². The van der Waals surface area contributed by atoms with Gasteiger partial charge in [-0.15, -0.1) is 0 Å². The van der Waals surface area contributed by atoms with Gasteiger partial charge in [-0.2, -0.15) is 13.9 Å². The first-order chi connectivity index (χ1) is 11.1. The van der Waals surface area contributed by atoms with Gasteiger partial charge in [0, 0.05) is 12.7 Å². The number of alkyl halides is 2. The zero-order valence-corrected chi connectivity index (χ0v) is 12.4. The number of amides is 1. The Morgan fingerprint density at radius 3 is 3.00 bits per heavy atom. The average Bonchev–Trinajstić information content (AvgIpc) is 3.17. The number of likely N-dealkylation sites (tertiary alicyclic amines) is 1. The minimum Gasteiger partial charge on any atom is -0.322 e. The molecule has 0 bridgehead atoms. The summed E-state index contributed by atoms with van der Waals surface area (Å²) < 4.78 is 25.5. The van der Waals surface area contributed by atoms with E-state index in [9.17, 15) is 13.6 Å². The summed E-state index contributed by atoms with van der Waals surface area (Å²) in [5.41, 5.74) is 1.18. The monoisotopic (exact) mass is 321 g/mol. The van der Waals surface area contributed by atoms with Gasteiger partial charge in [-0.25, -0.2) is 4.68 Å². The summed E-state index contributed by atoms with van der Waals surface area (Å²) in [4.78, 5) is 18.7. The van der Waals surface area contributed by atoms with Gasteiger partial charge in [-0.3, -0.25) is 14.7 Å². The van der Waals surface area contributed by atoms with E-state index in [-0.39, 0.29) is 17.6 Å². The number of hydrogen-bond donors (Lipinski definition) is 1. The molecule has 1 N–H and O–H groups in total. The van der Waals surface area contributed by atoms with Crippen molar-refractivity contribution in [3.63, 3.8) is 0 Å². The van der Waals surface area contributed by atoms with Gasteiger partial charge >= 0.3 is 6.55 Å². The third-order valence-corrected chi connectivity index (χ3v) is 3.83. The molecule has 0 radical (unpaired) electrons. The molecule has 1 fully saturated rings.